The number of nitrogens with zero attached hydrogens (tertiary/aromatic N) is 2. The van der Waals surface area contributed by atoms with E-state index in [0.29, 0.717) is 0 Å². The maximum atomic E-state index is 4.09. The van der Waals surface area contributed by atoms with Crippen LogP contribution in [-0.2, 0) is 0 Å². The van der Waals surface area contributed by atoms with E-state index in [0.717, 1.165) is 5.69 Å². The van der Waals surface area contributed by atoms with E-state index >= 15 is 0 Å². The third-order valence-corrected chi connectivity index (χ3v) is 1.44. The van der Waals surface area contributed by atoms with Gasteiger partial charge in [0.05, 0.1) is 5.69 Å². The Hall–Kier alpha value is -0.920. The van der Waals surface area contributed by atoms with Gasteiger partial charge in [-0.15, -0.1) is 0 Å². The first-order valence-electron chi connectivity index (χ1n) is 3.08. The molecule has 0 aliphatic heterocycles. The molecule has 0 saturated heterocycles. The molecule has 1 aliphatic rings. The maximum absolute atomic E-state index is 4.09. The molecule has 0 bridgehead atoms. The van der Waals surface area contributed by atoms with Crippen LogP contribution in [0.5, 0.6) is 0 Å². The molecule has 1 saturated carbocycles. The molecule has 1 heterocycles. The molecule has 45 valence electrons. The fraction of sp³-hybridized carbons (Fsp3) is 0.286. The molecule has 2 heteroatoms. The summed E-state index contributed by atoms with van der Waals surface area (Å²) in [4.78, 5) is 7.92. The van der Waals surface area contributed by atoms with Gasteiger partial charge in [0.15, 0.2) is 0 Å². The monoisotopic (exact) mass is 119 g/mol. The van der Waals surface area contributed by atoms with Crippen molar-refractivity contribution in [3.05, 3.63) is 30.2 Å². The maximum Gasteiger partial charge on any atom is 0.115 e. The van der Waals surface area contributed by atoms with Crippen molar-refractivity contribution < 1.29 is 0 Å². The molecule has 1 radical (unpaired) electrons. The molecule has 0 N–H and O–H groups in total. The summed E-state index contributed by atoms with van der Waals surface area (Å²) in [6, 6.07) is 1.96. The summed E-state index contributed by atoms with van der Waals surface area (Å²) in [5.74, 6) is 1.47. The minimum absolute atomic E-state index is 1.13. The summed E-state index contributed by atoms with van der Waals surface area (Å²) >= 11 is 0. The van der Waals surface area contributed by atoms with Gasteiger partial charge in [-0.1, -0.05) is 0 Å². The Balaban J connectivity index is 2.29. The van der Waals surface area contributed by atoms with Gasteiger partial charge in [-0.3, -0.25) is 0 Å². The van der Waals surface area contributed by atoms with Gasteiger partial charge in [-0.2, -0.15) is 0 Å². The lowest BCUT2D eigenvalue weighted by atomic mass is 10.3. The summed E-state index contributed by atoms with van der Waals surface area (Å²) < 4.78 is 0. The van der Waals surface area contributed by atoms with Crippen molar-refractivity contribution in [2.24, 2.45) is 0 Å². The highest BCUT2D eigenvalue weighted by Crippen LogP contribution is 2.36. The highest BCUT2D eigenvalue weighted by molar-refractivity contribution is 5.29. The molecule has 0 aromatic carbocycles. The van der Waals surface area contributed by atoms with Crippen molar-refractivity contribution in [2.75, 3.05) is 0 Å². The molecular formula is C7H7N2. The second-order valence-corrected chi connectivity index (χ2v) is 2.20. The minimum Gasteiger partial charge on any atom is -0.245 e. The van der Waals surface area contributed by atoms with Gasteiger partial charge in [0, 0.05) is 12.1 Å². The first-order valence-corrected chi connectivity index (χ1v) is 3.08. The van der Waals surface area contributed by atoms with Gasteiger partial charge >= 0.3 is 0 Å². The molecule has 0 atom stereocenters. The van der Waals surface area contributed by atoms with E-state index in [1.165, 1.54) is 18.8 Å². The van der Waals surface area contributed by atoms with E-state index in [4.69, 9.17) is 0 Å². The topological polar surface area (TPSA) is 25.8 Å². The van der Waals surface area contributed by atoms with Crippen molar-refractivity contribution >= 4 is 0 Å². The molecular weight excluding hydrogens is 112 g/mol. The summed E-state index contributed by atoms with van der Waals surface area (Å²) in [5.41, 5.74) is 1.13. The standard InChI is InChI=1S/C7H7N2/c1-2-6(1)7-3-4-8-5-9-7/h3-5H,1-2H2. The Morgan fingerprint density at radius 2 is 2.22 bits per heavy atom. The number of hydrogen-bond acceptors (Lipinski definition) is 2. The summed E-state index contributed by atoms with van der Waals surface area (Å²) in [6.07, 6.45) is 5.85. The Labute approximate surface area is 54.0 Å². The van der Waals surface area contributed by atoms with Crippen LogP contribution in [-0.4, -0.2) is 9.97 Å². The van der Waals surface area contributed by atoms with Crippen LogP contribution in [0.4, 0.5) is 0 Å². The van der Waals surface area contributed by atoms with E-state index < -0.39 is 0 Å². The molecule has 0 amide bonds. The summed E-state index contributed by atoms with van der Waals surface area (Å²) in [5, 5.41) is 0. The normalized spacial score (nSPS) is 17.8. The molecule has 1 aliphatic carbocycles. The lowest BCUT2D eigenvalue weighted by molar-refractivity contribution is 1.10. The van der Waals surface area contributed by atoms with Crippen molar-refractivity contribution in [1.29, 1.82) is 0 Å². The molecule has 1 aromatic heterocycles. The van der Waals surface area contributed by atoms with E-state index in [2.05, 4.69) is 9.97 Å². The van der Waals surface area contributed by atoms with Crippen LogP contribution in [0.3, 0.4) is 0 Å². The van der Waals surface area contributed by atoms with Crippen molar-refractivity contribution in [2.45, 2.75) is 12.8 Å². The number of rotatable bonds is 1. The lowest BCUT2D eigenvalue weighted by Crippen LogP contribution is -1.84. The first-order chi connectivity index (χ1) is 4.47. The predicted octanol–water partition coefficient (Wildman–Crippen LogP) is 1.19. The van der Waals surface area contributed by atoms with Crippen LogP contribution in [0, 0.1) is 5.92 Å². The molecule has 0 spiro atoms. The van der Waals surface area contributed by atoms with Gasteiger partial charge in [-0.05, 0) is 18.9 Å². The SMILES string of the molecule is c1cc([C]2CC2)ncn1. The van der Waals surface area contributed by atoms with Gasteiger partial charge < -0.3 is 0 Å². The second kappa shape index (κ2) is 1.79. The molecule has 2 rings (SSSR count). The molecule has 1 fully saturated rings. The predicted molar refractivity (Wildman–Crippen MR) is 33.6 cm³/mol. The van der Waals surface area contributed by atoms with Crippen molar-refractivity contribution in [1.82, 2.24) is 9.97 Å². The number of hydrogen-bond donors (Lipinski definition) is 0. The summed E-state index contributed by atoms with van der Waals surface area (Å²) in [6.45, 7) is 0. The van der Waals surface area contributed by atoms with Crippen LogP contribution in [0.25, 0.3) is 0 Å². The molecule has 1 aromatic rings. The second-order valence-electron chi connectivity index (χ2n) is 2.20. The average molecular weight is 119 g/mol. The fourth-order valence-electron chi connectivity index (χ4n) is 0.818. The van der Waals surface area contributed by atoms with E-state index in [-0.39, 0.29) is 0 Å². The van der Waals surface area contributed by atoms with Crippen LogP contribution >= 0.6 is 0 Å². The quantitative estimate of drug-likeness (QED) is 0.555. The van der Waals surface area contributed by atoms with Crippen molar-refractivity contribution in [3.8, 4) is 0 Å². The van der Waals surface area contributed by atoms with Gasteiger partial charge in [0.2, 0.25) is 0 Å². The third-order valence-electron chi connectivity index (χ3n) is 1.44. The number of aromatic nitrogens is 2. The zero-order chi connectivity index (χ0) is 6.10. The Bertz CT molecular complexity index is 191. The average Bonchev–Trinajstić information content (AvgIpc) is 2.71. The van der Waals surface area contributed by atoms with Crippen LogP contribution in [0.1, 0.15) is 18.5 Å². The zero-order valence-corrected chi connectivity index (χ0v) is 5.04. The van der Waals surface area contributed by atoms with E-state index in [1.807, 2.05) is 6.07 Å². The highest BCUT2D eigenvalue weighted by atomic mass is 14.8. The van der Waals surface area contributed by atoms with Crippen LogP contribution < -0.4 is 0 Å². The molecule has 0 unspecified atom stereocenters. The van der Waals surface area contributed by atoms with E-state index in [1.54, 1.807) is 12.5 Å². The van der Waals surface area contributed by atoms with Crippen molar-refractivity contribution in [3.63, 3.8) is 0 Å². The van der Waals surface area contributed by atoms with Crippen LogP contribution in [0.2, 0.25) is 0 Å². The highest BCUT2D eigenvalue weighted by Gasteiger charge is 2.25. The van der Waals surface area contributed by atoms with Gasteiger partial charge in [-0.25, -0.2) is 9.97 Å². The van der Waals surface area contributed by atoms with Crippen LogP contribution in [0.15, 0.2) is 18.6 Å². The zero-order valence-electron chi connectivity index (χ0n) is 5.04. The van der Waals surface area contributed by atoms with Gasteiger partial charge in [0.1, 0.15) is 6.33 Å². The fourth-order valence-corrected chi connectivity index (χ4v) is 0.818. The smallest absolute Gasteiger partial charge is 0.115 e. The van der Waals surface area contributed by atoms with E-state index in [9.17, 15) is 0 Å². The summed E-state index contributed by atoms with van der Waals surface area (Å²) in [7, 11) is 0. The first kappa shape index (κ1) is 4.91. The third kappa shape index (κ3) is 0.922. The minimum atomic E-state index is 1.13. The largest absolute Gasteiger partial charge is 0.245 e. The lowest BCUT2D eigenvalue weighted by Gasteiger charge is -1.89. The Morgan fingerprint density at radius 1 is 1.33 bits per heavy atom. The molecule has 9 heavy (non-hydrogen) atoms. The Morgan fingerprint density at radius 3 is 2.78 bits per heavy atom. The van der Waals surface area contributed by atoms with Gasteiger partial charge in [0.25, 0.3) is 0 Å². The Kier molecular flexibility index (Phi) is 0.979. The molecule has 2 nitrogen and oxygen atoms in total.